The van der Waals surface area contributed by atoms with Crippen molar-refractivity contribution in [3.8, 4) is 0 Å². The van der Waals surface area contributed by atoms with Crippen LogP contribution in [0.2, 0.25) is 0 Å². The van der Waals surface area contributed by atoms with Gasteiger partial charge in [-0.3, -0.25) is 4.98 Å². The minimum absolute atomic E-state index is 0.0904. The highest BCUT2D eigenvalue weighted by Gasteiger charge is 2.23. The molecule has 0 atom stereocenters. The van der Waals surface area contributed by atoms with Crippen LogP contribution in [0.5, 0.6) is 0 Å². The zero-order chi connectivity index (χ0) is 19.5. The molecule has 0 radical (unpaired) electrons. The summed E-state index contributed by atoms with van der Waals surface area (Å²) in [6.07, 6.45) is 5.11. The van der Waals surface area contributed by atoms with Crippen molar-refractivity contribution in [2.75, 3.05) is 50.5 Å². The standard InChI is InChI=1S/C19H23N7OS/c1-24(2)12-14-9-15(11-20-10-14)23-19(27)26-6-4-25(5-7-26)18-17-16(3-8-28-17)21-13-22-18/h3,8-11,13H,4-7,12H2,1-2H3,(H,23,27). The topological polar surface area (TPSA) is 77.5 Å². The molecule has 1 saturated heterocycles. The number of pyridine rings is 1. The number of nitrogens with zero attached hydrogens (tertiary/aromatic N) is 6. The number of carbonyl (C=O) groups is 1. The second-order valence-electron chi connectivity index (χ2n) is 7.06. The van der Waals surface area contributed by atoms with Crippen LogP contribution in [0.4, 0.5) is 16.3 Å². The van der Waals surface area contributed by atoms with Crippen LogP contribution in [-0.2, 0) is 6.54 Å². The van der Waals surface area contributed by atoms with E-state index in [0.717, 1.165) is 46.9 Å². The summed E-state index contributed by atoms with van der Waals surface area (Å²) in [5, 5.41) is 5.00. The van der Waals surface area contributed by atoms with Crippen molar-refractivity contribution in [2.45, 2.75) is 6.54 Å². The Morgan fingerprint density at radius 3 is 2.82 bits per heavy atom. The van der Waals surface area contributed by atoms with Crippen LogP contribution in [0.15, 0.2) is 36.2 Å². The van der Waals surface area contributed by atoms with Crippen LogP contribution in [0.25, 0.3) is 10.2 Å². The van der Waals surface area contributed by atoms with Gasteiger partial charge in [-0.1, -0.05) is 0 Å². The van der Waals surface area contributed by atoms with Crippen molar-refractivity contribution in [1.29, 1.82) is 0 Å². The molecule has 9 heteroatoms. The van der Waals surface area contributed by atoms with Crippen molar-refractivity contribution < 1.29 is 4.79 Å². The second-order valence-corrected chi connectivity index (χ2v) is 7.97. The fourth-order valence-electron chi connectivity index (χ4n) is 3.33. The highest BCUT2D eigenvalue weighted by molar-refractivity contribution is 7.17. The molecule has 3 aromatic heterocycles. The Morgan fingerprint density at radius 1 is 1.21 bits per heavy atom. The number of thiophene rings is 1. The molecule has 1 fully saturated rings. The lowest BCUT2D eigenvalue weighted by atomic mass is 10.2. The lowest BCUT2D eigenvalue weighted by Gasteiger charge is -2.35. The zero-order valence-electron chi connectivity index (χ0n) is 16.0. The van der Waals surface area contributed by atoms with Crippen molar-refractivity contribution in [3.05, 3.63) is 41.8 Å². The van der Waals surface area contributed by atoms with Gasteiger partial charge in [-0.05, 0) is 37.2 Å². The zero-order valence-corrected chi connectivity index (χ0v) is 16.8. The van der Waals surface area contributed by atoms with E-state index in [1.54, 1.807) is 23.9 Å². The largest absolute Gasteiger partial charge is 0.352 e. The number of fused-ring (bicyclic) bond motifs is 1. The van der Waals surface area contributed by atoms with E-state index in [2.05, 4.69) is 30.1 Å². The van der Waals surface area contributed by atoms with E-state index in [0.29, 0.717) is 13.1 Å². The molecule has 4 heterocycles. The number of rotatable bonds is 4. The molecule has 3 aromatic rings. The minimum Gasteiger partial charge on any atom is -0.352 e. The molecular formula is C19H23N7OS. The van der Waals surface area contributed by atoms with Gasteiger partial charge in [0, 0.05) is 38.9 Å². The van der Waals surface area contributed by atoms with Gasteiger partial charge in [0.25, 0.3) is 0 Å². The fourth-order valence-corrected chi connectivity index (χ4v) is 4.19. The molecule has 0 aromatic carbocycles. The molecule has 4 rings (SSSR count). The molecule has 28 heavy (non-hydrogen) atoms. The van der Waals surface area contributed by atoms with E-state index in [1.807, 2.05) is 42.7 Å². The van der Waals surface area contributed by atoms with E-state index in [9.17, 15) is 4.79 Å². The van der Waals surface area contributed by atoms with Crippen LogP contribution in [0.3, 0.4) is 0 Å². The van der Waals surface area contributed by atoms with Crippen LogP contribution in [0.1, 0.15) is 5.56 Å². The Kier molecular flexibility index (Phi) is 5.36. The highest BCUT2D eigenvalue weighted by Crippen LogP contribution is 2.28. The molecule has 1 aliphatic rings. The normalized spacial score (nSPS) is 14.7. The summed E-state index contributed by atoms with van der Waals surface area (Å²) < 4.78 is 1.10. The predicted octanol–water partition coefficient (Wildman–Crippen LogP) is 2.50. The third-order valence-corrected chi connectivity index (χ3v) is 5.54. The van der Waals surface area contributed by atoms with Crippen molar-refractivity contribution in [3.63, 3.8) is 0 Å². The van der Waals surface area contributed by atoms with E-state index in [-0.39, 0.29) is 6.03 Å². The molecule has 1 N–H and O–H groups in total. The van der Waals surface area contributed by atoms with Crippen LogP contribution in [-0.4, -0.2) is 71.1 Å². The van der Waals surface area contributed by atoms with Gasteiger partial charge in [-0.2, -0.15) is 0 Å². The first-order valence-electron chi connectivity index (χ1n) is 9.18. The molecular weight excluding hydrogens is 374 g/mol. The van der Waals surface area contributed by atoms with Crippen LogP contribution >= 0.6 is 11.3 Å². The number of anilines is 2. The average molecular weight is 398 g/mol. The Morgan fingerprint density at radius 2 is 2.04 bits per heavy atom. The summed E-state index contributed by atoms with van der Waals surface area (Å²) in [4.78, 5) is 31.8. The maximum Gasteiger partial charge on any atom is 0.322 e. The van der Waals surface area contributed by atoms with Gasteiger partial charge in [-0.15, -0.1) is 11.3 Å². The lowest BCUT2D eigenvalue weighted by Crippen LogP contribution is -2.50. The van der Waals surface area contributed by atoms with E-state index in [1.165, 1.54) is 0 Å². The Balaban J connectivity index is 1.37. The third-order valence-electron chi connectivity index (χ3n) is 4.64. The molecule has 0 unspecified atom stereocenters. The molecule has 146 valence electrons. The summed E-state index contributed by atoms with van der Waals surface area (Å²) in [6.45, 7) is 3.57. The van der Waals surface area contributed by atoms with Crippen LogP contribution < -0.4 is 10.2 Å². The van der Waals surface area contributed by atoms with Gasteiger partial charge in [0.05, 0.1) is 22.1 Å². The Labute approximate surface area is 167 Å². The number of hydrogen-bond acceptors (Lipinski definition) is 7. The maximum absolute atomic E-state index is 12.6. The number of amides is 2. The SMILES string of the molecule is CN(C)Cc1cncc(NC(=O)N2CCN(c3ncnc4ccsc34)CC2)c1. The highest BCUT2D eigenvalue weighted by atomic mass is 32.1. The number of hydrogen-bond donors (Lipinski definition) is 1. The van der Waals surface area contributed by atoms with E-state index in [4.69, 9.17) is 0 Å². The lowest BCUT2D eigenvalue weighted by molar-refractivity contribution is 0.208. The Bertz CT molecular complexity index is 966. The summed E-state index contributed by atoms with van der Waals surface area (Å²) >= 11 is 1.65. The van der Waals surface area contributed by atoms with Gasteiger partial charge in [-0.25, -0.2) is 14.8 Å². The summed E-state index contributed by atoms with van der Waals surface area (Å²) in [5.41, 5.74) is 2.76. The van der Waals surface area contributed by atoms with Crippen LogP contribution in [0, 0.1) is 0 Å². The number of piperazine rings is 1. The number of urea groups is 1. The quantitative estimate of drug-likeness (QED) is 0.729. The summed E-state index contributed by atoms with van der Waals surface area (Å²) in [7, 11) is 4.01. The molecule has 1 aliphatic heterocycles. The first kappa shape index (κ1) is 18.6. The molecule has 0 spiro atoms. The van der Waals surface area contributed by atoms with E-state index < -0.39 is 0 Å². The fraction of sp³-hybridized carbons (Fsp3) is 0.368. The van der Waals surface area contributed by atoms with Gasteiger partial charge in [0.1, 0.15) is 12.1 Å². The maximum atomic E-state index is 12.6. The number of nitrogens with one attached hydrogen (secondary N) is 1. The predicted molar refractivity (Wildman–Crippen MR) is 112 cm³/mol. The smallest absolute Gasteiger partial charge is 0.322 e. The second kappa shape index (κ2) is 8.07. The summed E-state index contributed by atoms with van der Waals surface area (Å²) in [5.74, 6) is 0.959. The molecule has 2 amide bonds. The third kappa shape index (κ3) is 4.05. The summed E-state index contributed by atoms with van der Waals surface area (Å²) in [6, 6.07) is 3.88. The first-order valence-corrected chi connectivity index (χ1v) is 10.1. The minimum atomic E-state index is -0.0904. The number of carbonyl (C=O) groups excluding carboxylic acids is 1. The average Bonchev–Trinajstić information content (AvgIpc) is 3.17. The van der Waals surface area contributed by atoms with Gasteiger partial charge in [0.15, 0.2) is 0 Å². The Hall–Kier alpha value is -2.78. The molecule has 0 saturated carbocycles. The van der Waals surface area contributed by atoms with Gasteiger partial charge >= 0.3 is 6.03 Å². The monoisotopic (exact) mass is 397 g/mol. The molecule has 0 aliphatic carbocycles. The van der Waals surface area contributed by atoms with Crippen molar-refractivity contribution in [2.24, 2.45) is 0 Å². The van der Waals surface area contributed by atoms with Crippen molar-refractivity contribution >= 4 is 39.1 Å². The molecule has 8 nitrogen and oxygen atoms in total. The van der Waals surface area contributed by atoms with E-state index >= 15 is 0 Å². The molecule has 0 bridgehead atoms. The van der Waals surface area contributed by atoms with Crippen molar-refractivity contribution in [1.82, 2.24) is 24.8 Å². The number of aromatic nitrogens is 3. The first-order chi connectivity index (χ1) is 13.6. The van der Waals surface area contributed by atoms with Gasteiger partial charge < -0.3 is 20.0 Å². The van der Waals surface area contributed by atoms with Gasteiger partial charge in [0.2, 0.25) is 0 Å².